The molecule has 0 fully saturated rings. The molecule has 2 N–H and O–H groups in total. The van der Waals surface area contributed by atoms with Gasteiger partial charge >= 0.3 is 0 Å². The highest BCUT2D eigenvalue weighted by atomic mass is 15.2. The highest BCUT2D eigenvalue weighted by Gasteiger charge is 2.14. The molecule has 0 aliphatic rings. The molecule has 1 heterocycles. The molecular weight excluding hydrogens is 200 g/mol. The van der Waals surface area contributed by atoms with E-state index in [0.717, 1.165) is 18.8 Å². The maximum Gasteiger partial charge on any atom is 0.152 e. The predicted octanol–water partition coefficient (Wildman–Crippen LogP) is 2.16. The van der Waals surface area contributed by atoms with Crippen molar-refractivity contribution in [3.8, 4) is 6.07 Å². The average Bonchev–Trinajstić information content (AvgIpc) is 2.26. The number of nitriles is 1. The molecule has 0 unspecified atom stereocenters. The van der Waals surface area contributed by atoms with Crippen LogP contribution in [0.2, 0.25) is 0 Å². The van der Waals surface area contributed by atoms with Gasteiger partial charge in [0.2, 0.25) is 0 Å². The molecule has 0 spiro atoms. The van der Waals surface area contributed by atoms with Crippen molar-refractivity contribution in [1.29, 1.82) is 5.26 Å². The molecule has 4 nitrogen and oxygen atoms in total. The lowest BCUT2D eigenvalue weighted by atomic mass is 10.2. The number of nitrogens with two attached hydrogens (primary N) is 1. The Morgan fingerprint density at radius 3 is 2.69 bits per heavy atom. The minimum Gasteiger partial charge on any atom is -0.396 e. The Kier molecular flexibility index (Phi) is 4.12. The van der Waals surface area contributed by atoms with E-state index in [4.69, 9.17) is 11.0 Å². The number of pyridine rings is 1. The number of aromatic nitrogens is 1. The molecule has 86 valence electrons. The average molecular weight is 218 g/mol. The van der Waals surface area contributed by atoms with E-state index in [9.17, 15) is 0 Å². The van der Waals surface area contributed by atoms with E-state index < -0.39 is 0 Å². The summed E-state index contributed by atoms with van der Waals surface area (Å²) in [6.07, 6.45) is 2.61. The van der Waals surface area contributed by atoms with Crippen molar-refractivity contribution >= 4 is 11.5 Å². The number of rotatable bonds is 4. The molecule has 0 amide bonds. The maximum atomic E-state index is 8.74. The third-order valence-electron chi connectivity index (χ3n) is 2.38. The van der Waals surface area contributed by atoms with E-state index in [0.29, 0.717) is 17.3 Å². The Bertz CT molecular complexity index is 392. The van der Waals surface area contributed by atoms with Crippen LogP contribution in [-0.4, -0.2) is 17.6 Å². The molecule has 1 rings (SSSR count). The van der Waals surface area contributed by atoms with Crippen molar-refractivity contribution in [2.24, 2.45) is 0 Å². The van der Waals surface area contributed by atoms with Gasteiger partial charge in [0.1, 0.15) is 6.07 Å². The molecule has 0 radical (unpaired) electrons. The molecular formula is C12H18N4. The van der Waals surface area contributed by atoms with Crippen molar-refractivity contribution in [3.05, 3.63) is 17.8 Å². The quantitative estimate of drug-likeness (QED) is 0.841. The lowest BCUT2D eigenvalue weighted by Crippen LogP contribution is -2.32. The Morgan fingerprint density at radius 1 is 1.56 bits per heavy atom. The Morgan fingerprint density at radius 2 is 2.25 bits per heavy atom. The van der Waals surface area contributed by atoms with Gasteiger partial charge in [-0.1, -0.05) is 6.92 Å². The second-order valence-electron chi connectivity index (χ2n) is 4.04. The molecule has 4 heteroatoms. The van der Waals surface area contributed by atoms with E-state index >= 15 is 0 Å². The van der Waals surface area contributed by atoms with Crippen LogP contribution in [0.4, 0.5) is 11.5 Å². The molecule has 16 heavy (non-hydrogen) atoms. The summed E-state index contributed by atoms with van der Waals surface area (Å²) in [6.45, 7) is 7.25. The Labute approximate surface area is 96.7 Å². The lowest BCUT2D eigenvalue weighted by Gasteiger charge is -2.28. The van der Waals surface area contributed by atoms with Gasteiger partial charge in [0.05, 0.1) is 11.3 Å². The van der Waals surface area contributed by atoms with Crippen LogP contribution in [0.15, 0.2) is 12.3 Å². The zero-order valence-electron chi connectivity index (χ0n) is 10.1. The van der Waals surface area contributed by atoms with E-state index in [1.165, 1.54) is 0 Å². The van der Waals surface area contributed by atoms with E-state index in [2.05, 4.69) is 30.7 Å². The van der Waals surface area contributed by atoms with Crippen molar-refractivity contribution in [1.82, 2.24) is 4.98 Å². The fraction of sp³-hybridized carbons (Fsp3) is 0.500. The summed E-state index contributed by atoms with van der Waals surface area (Å²) in [7, 11) is 0. The highest BCUT2D eigenvalue weighted by molar-refractivity contribution is 5.64. The predicted molar refractivity (Wildman–Crippen MR) is 66.1 cm³/mol. The fourth-order valence-corrected chi connectivity index (χ4v) is 1.63. The zero-order valence-corrected chi connectivity index (χ0v) is 10.1. The molecule has 0 saturated heterocycles. The lowest BCUT2D eigenvalue weighted by molar-refractivity contribution is 0.663. The van der Waals surface area contributed by atoms with Gasteiger partial charge in [-0.3, -0.25) is 0 Å². The second kappa shape index (κ2) is 5.36. The van der Waals surface area contributed by atoms with E-state index in [1.54, 1.807) is 12.3 Å². The van der Waals surface area contributed by atoms with E-state index in [1.807, 2.05) is 6.07 Å². The largest absolute Gasteiger partial charge is 0.396 e. The van der Waals surface area contributed by atoms with Gasteiger partial charge in [-0.15, -0.1) is 0 Å². The maximum absolute atomic E-state index is 8.74. The Hall–Kier alpha value is -1.76. The fourth-order valence-electron chi connectivity index (χ4n) is 1.63. The summed E-state index contributed by atoms with van der Waals surface area (Å²) in [5.41, 5.74) is 6.98. The number of hydrogen-bond donors (Lipinski definition) is 1. The Balaban J connectivity index is 3.06. The molecule has 0 atom stereocenters. The summed E-state index contributed by atoms with van der Waals surface area (Å²) in [4.78, 5) is 6.42. The first-order valence-corrected chi connectivity index (χ1v) is 5.52. The molecule has 1 aromatic heterocycles. The van der Waals surface area contributed by atoms with Crippen LogP contribution >= 0.6 is 0 Å². The van der Waals surface area contributed by atoms with Crippen LogP contribution < -0.4 is 10.6 Å². The first kappa shape index (κ1) is 12.3. The number of nitrogens with zero attached hydrogens (tertiary/aromatic N) is 3. The molecule has 0 aromatic carbocycles. The van der Waals surface area contributed by atoms with Crippen molar-refractivity contribution in [2.45, 2.75) is 33.2 Å². The van der Waals surface area contributed by atoms with Crippen molar-refractivity contribution in [3.63, 3.8) is 0 Å². The van der Waals surface area contributed by atoms with Gasteiger partial charge in [-0.25, -0.2) is 4.98 Å². The SMILES string of the molecule is CCCN(c1ncc(C#N)cc1N)C(C)C. The first-order chi connectivity index (χ1) is 7.60. The van der Waals surface area contributed by atoms with Gasteiger partial charge < -0.3 is 10.6 Å². The van der Waals surface area contributed by atoms with Gasteiger partial charge in [0, 0.05) is 18.8 Å². The smallest absolute Gasteiger partial charge is 0.152 e. The minimum absolute atomic E-state index is 0.350. The first-order valence-electron chi connectivity index (χ1n) is 5.52. The zero-order chi connectivity index (χ0) is 12.1. The molecule has 0 saturated carbocycles. The summed E-state index contributed by atoms with van der Waals surface area (Å²) >= 11 is 0. The third kappa shape index (κ3) is 2.63. The summed E-state index contributed by atoms with van der Waals surface area (Å²) < 4.78 is 0. The van der Waals surface area contributed by atoms with Crippen molar-refractivity contribution < 1.29 is 0 Å². The van der Waals surface area contributed by atoms with Crippen LogP contribution in [0.25, 0.3) is 0 Å². The molecule has 0 aliphatic carbocycles. The van der Waals surface area contributed by atoms with Crippen LogP contribution in [0, 0.1) is 11.3 Å². The second-order valence-corrected chi connectivity index (χ2v) is 4.04. The van der Waals surface area contributed by atoms with Gasteiger partial charge in [0.25, 0.3) is 0 Å². The third-order valence-corrected chi connectivity index (χ3v) is 2.38. The van der Waals surface area contributed by atoms with Crippen LogP contribution in [0.1, 0.15) is 32.8 Å². The van der Waals surface area contributed by atoms with Gasteiger partial charge in [0.15, 0.2) is 5.82 Å². The van der Waals surface area contributed by atoms with E-state index in [-0.39, 0.29) is 0 Å². The molecule has 0 aliphatic heterocycles. The van der Waals surface area contributed by atoms with Crippen LogP contribution in [0.3, 0.4) is 0 Å². The molecule has 1 aromatic rings. The van der Waals surface area contributed by atoms with Crippen LogP contribution in [-0.2, 0) is 0 Å². The van der Waals surface area contributed by atoms with Crippen LogP contribution in [0.5, 0.6) is 0 Å². The van der Waals surface area contributed by atoms with Crippen molar-refractivity contribution in [2.75, 3.05) is 17.2 Å². The summed E-state index contributed by atoms with van der Waals surface area (Å²) in [5, 5.41) is 8.74. The summed E-state index contributed by atoms with van der Waals surface area (Å²) in [5.74, 6) is 0.774. The topological polar surface area (TPSA) is 65.9 Å². The standard InChI is InChI=1S/C12H18N4/c1-4-5-16(9(2)3)12-11(14)6-10(7-13)8-15-12/h6,8-9H,4-5,14H2,1-3H3. The number of nitrogen functional groups attached to an aromatic ring is 1. The van der Waals surface area contributed by atoms with Gasteiger partial charge in [-0.2, -0.15) is 5.26 Å². The highest BCUT2D eigenvalue weighted by Crippen LogP contribution is 2.23. The number of anilines is 2. The minimum atomic E-state index is 0.350. The van der Waals surface area contributed by atoms with Gasteiger partial charge in [-0.05, 0) is 26.3 Å². The normalized spacial score (nSPS) is 10.2. The molecule has 0 bridgehead atoms. The number of hydrogen-bond acceptors (Lipinski definition) is 4. The monoisotopic (exact) mass is 218 g/mol. The summed E-state index contributed by atoms with van der Waals surface area (Å²) in [6, 6.07) is 4.06.